The summed E-state index contributed by atoms with van der Waals surface area (Å²) in [6.45, 7) is 3.08. The molecule has 2 rings (SSSR count). The standard InChI is InChI=1S/C13H14BrN3O3/c1-2-5-15-6-7-16(13(15)18)9-10-3-4-11(17(19)20)8-12(10)14/h3-4,6-8H,2,5,9H2,1H3. The van der Waals surface area contributed by atoms with E-state index in [4.69, 9.17) is 0 Å². The molecule has 1 aromatic heterocycles. The molecule has 0 aliphatic carbocycles. The Bertz CT molecular complexity index is 690. The highest BCUT2D eigenvalue weighted by atomic mass is 79.9. The number of benzene rings is 1. The first-order valence-corrected chi connectivity index (χ1v) is 7.00. The van der Waals surface area contributed by atoms with Crippen molar-refractivity contribution >= 4 is 21.6 Å². The summed E-state index contributed by atoms with van der Waals surface area (Å²) in [5, 5.41) is 10.7. The summed E-state index contributed by atoms with van der Waals surface area (Å²) in [6, 6.07) is 4.55. The Kier molecular flexibility index (Phi) is 4.39. The second kappa shape index (κ2) is 6.04. The summed E-state index contributed by atoms with van der Waals surface area (Å²) in [7, 11) is 0. The van der Waals surface area contributed by atoms with E-state index >= 15 is 0 Å². The van der Waals surface area contributed by atoms with Gasteiger partial charge in [-0.1, -0.05) is 22.9 Å². The molecule has 0 amide bonds. The van der Waals surface area contributed by atoms with Gasteiger partial charge >= 0.3 is 5.69 Å². The smallest absolute Gasteiger partial charge is 0.299 e. The average molecular weight is 340 g/mol. The molecule has 0 aliphatic rings. The van der Waals surface area contributed by atoms with Crippen molar-refractivity contribution in [3.8, 4) is 0 Å². The van der Waals surface area contributed by atoms with Crippen LogP contribution in [0.15, 0.2) is 39.9 Å². The summed E-state index contributed by atoms with van der Waals surface area (Å²) in [5.41, 5.74) is 0.778. The van der Waals surface area contributed by atoms with Gasteiger partial charge in [0.1, 0.15) is 0 Å². The second-order valence-corrected chi connectivity index (χ2v) is 5.29. The Labute approximate surface area is 123 Å². The number of nitro benzene ring substituents is 1. The van der Waals surface area contributed by atoms with Crippen LogP contribution in [0.25, 0.3) is 0 Å². The first-order chi connectivity index (χ1) is 9.52. The number of halogens is 1. The van der Waals surface area contributed by atoms with E-state index in [1.54, 1.807) is 27.6 Å². The van der Waals surface area contributed by atoms with Gasteiger partial charge < -0.3 is 0 Å². The van der Waals surface area contributed by atoms with Crippen LogP contribution in [0, 0.1) is 10.1 Å². The minimum absolute atomic E-state index is 0.0246. The van der Waals surface area contributed by atoms with Crippen molar-refractivity contribution in [2.45, 2.75) is 26.4 Å². The molecule has 106 valence electrons. The first kappa shape index (κ1) is 14.5. The molecule has 0 saturated carbocycles. The van der Waals surface area contributed by atoms with Gasteiger partial charge in [0.25, 0.3) is 5.69 Å². The van der Waals surface area contributed by atoms with Gasteiger partial charge in [0.05, 0.1) is 11.5 Å². The second-order valence-electron chi connectivity index (χ2n) is 4.43. The molecule has 0 aliphatic heterocycles. The van der Waals surface area contributed by atoms with E-state index in [-0.39, 0.29) is 11.4 Å². The SMILES string of the molecule is CCCn1ccn(Cc2ccc([N+](=O)[O-])cc2Br)c1=O. The van der Waals surface area contributed by atoms with E-state index in [9.17, 15) is 14.9 Å². The maximum absolute atomic E-state index is 12.1. The highest BCUT2D eigenvalue weighted by Gasteiger charge is 2.10. The van der Waals surface area contributed by atoms with Gasteiger partial charge in [-0.15, -0.1) is 0 Å². The first-order valence-electron chi connectivity index (χ1n) is 6.21. The predicted octanol–water partition coefficient (Wildman–Crippen LogP) is 2.78. The molecule has 2 aromatic rings. The van der Waals surface area contributed by atoms with Crippen LogP contribution in [0.1, 0.15) is 18.9 Å². The number of nitrogens with zero attached hydrogens (tertiary/aromatic N) is 3. The average Bonchev–Trinajstić information content (AvgIpc) is 2.74. The molecule has 0 bridgehead atoms. The van der Waals surface area contributed by atoms with Gasteiger partial charge in [-0.05, 0) is 18.1 Å². The highest BCUT2D eigenvalue weighted by Crippen LogP contribution is 2.23. The number of rotatable bonds is 5. The zero-order valence-corrected chi connectivity index (χ0v) is 12.5. The molecular formula is C13H14BrN3O3. The number of aryl methyl sites for hydroxylation is 1. The zero-order valence-electron chi connectivity index (χ0n) is 11.0. The van der Waals surface area contributed by atoms with Crippen molar-refractivity contribution in [1.82, 2.24) is 9.13 Å². The summed E-state index contributed by atoms with van der Waals surface area (Å²) in [4.78, 5) is 22.3. The van der Waals surface area contributed by atoms with Crippen molar-refractivity contribution in [3.63, 3.8) is 0 Å². The van der Waals surface area contributed by atoms with Crippen LogP contribution in [0.5, 0.6) is 0 Å². The third-order valence-electron chi connectivity index (χ3n) is 2.97. The molecule has 0 radical (unpaired) electrons. The third-order valence-corrected chi connectivity index (χ3v) is 3.71. The van der Waals surface area contributed by atoms with E-state index in [2.05, 4.69) is 15.9 Å². The lowest BCUT2D eigenvalue weighted by atomic mass is 10.2. The molecule has 1 aromatic carbocycles. The molecule has 0 atom stereocenters. The van der Waals surface area contributed by atoms with Crippen molar-refractivity contribution < 1.29 is 4.92 Å². The molecule has 7 heteroatoms. The fraction of sp³-hybridized carbons (Fsp3) is 0.308. The van der Waals surface area contributed by atoms with E-state index < -0.39 is 4.92 Å². The molecule has 0 unspecified atom stereocenters. The maximum atomic E-state index is 12.1. The number of nitro groups is 1. The van der Waals surface area contributed by atoms with Gasteiger partial charge in [-0.2, -0.15) is 0 Å². The minimum atomic E-state index is -0.446. The Morgan fingerprint density at radius 2 is 2.00 bits per heavy atom. The lowest BCUT2D eigenvalue weighted by molar-refractivity contribution is -0.384. The van der Waals surface area contributed by atoms with Crippen molar-refractivity contribution in [3.05, 3.63) is 61.2 Å². The zero-order chi connectivity index (χ0) is 14.7. The Morgan fingerprint density at radius 3 is 2.60 bits per heavy atom. The van der Waals surface area contributed by atoms with Gasteiger partial charge in [0, 0.05) is 35.5 Å². The molecule has 6 nitrogen and oxygen atoms in total. The summed E-state index contributed by atoms with van der Waals surface area (Å²) in [5.74, 6) is 0. The molecule has 0 saturated heterocycles. The van der Waals surface area contributed by atoms with Crippen LogP contribution in [0.4, 0.5) is 5.69 Å². The van der Waals surface area contributed by atoms with Crippen LogP contribution in [0.2, 0.25) is 0 Å². The Morgan fingerprint density at radius 1 is 1.30 bits per heavy atom. The number of non-ortho nitro benzene ring substituents is 1. The van der Waals surface area contributed by atoms with Crippen molar-refractivity contribution in [1.29, 1.82) is 0 Å². The lowest BCUT2D eigenvalue weighted by Gasteiger charge is -2.05. The number of hydrogen-bond acceptors (Lipinski definition) is 3. The topological polar surface area (TPSA) is 70.1 Å². The molecule has 1 heterocycles. The minimum Gasteiger partial charge on any atom is -0.299 e. The lowest BCUT2D eigenvalue weighted by Crippen LogP contribution is -2.24. The Hall–Kier alpha value is -1.89. The van der Waals surface area contributed by atoms with Crippen LogP contribution >= 0.6 is 15.9 Å². The predicted molar refractivity (Wildman–Crippen MR) is 78.9 cm³/mol. The van der Waals surface area contributed by atoms with Gasteiger partial charge in [0.2, 0.25) is 0 Å². The Balaban J connectivity index is 2.26. The fourth-order valence-corrected chi connectivity index (χ4v) is 2.44. The van der Waals surface area contributed by atoms with E-state index in [0.29, 0.717) is 17.6 Å². The number of hydrogen-bond donors (Lipinski definition) is 0. The number of aromatic nitrogens is 2. The largest absolute Gasteiger partial charge is 0.328 e. The molecule has 0 spiro atoms. The molecular weight excluding hydrogens is 326 g/mol. The van der Waals surface area contributed by atoms with E-state index in [1.807, 2.05) is 6.92 Å². The van der Waals surface area contributed by atoms with Gasteiger partial charge in [-0.3, -0.25) is 19.2 Å². The van der Waals surface area contributed by atoms with Gasteiger partial charge in [0.15, 0.2) is 0 Å². The van der Waals surface area contributed by atoms with Crippen molar-refractivity contribution in [2.24, 2.45) is 0 Å². The van der Waals surface area contributed by atoms with Crippen LogP contribution in [-0.4, -0.2) is 14.1 Å². The normalized spacial score (nSPS) is 10.7. The molecule has 20 heavy (non-hydrogen) atoms. The van der Waals surface area contributed by atoms with Crippen LogP contribution in [-0.2, 0) is 13.1 Å². The van der Waals surface area contributed by atoms with Crippen molar-refractivity contribution in [2.75, 3.05) is 0 Å². The van der Waals surface area contributed by atoms with E-state index in [1.165, 1.54) is 12.1 Å². The van der Waals surface area contributed by atoms with E-state index in [0.717, 1.165) is 12.0 Å². The fourth-order valence-electron chi connectivity index (χ4n) is 1.95. The number of imidazole rings is 1. The summed E-state index contributed by atoms with van der Waals surface area (Å²) < 4.78 is 3.86. The molecule has 0 fully saturated rings. The quantitative estimate of drug-likeness (QED) is 0.621. The monoisotopic (exact) mass is 339 g/mol. The van der Waals surface area contributed by atoms with Crippen LogP contribution < -0.4 is 5.69 Å². The third kappa shape index (κ3) is 2.98. The van der Waals surface area contributed by atoms with Crippen LogP contribution in [0.3, 0.4) is 0 Å². The summed E-state index contributed by atoms with van der Waals surface area (Å²) in [6.07, 6.45) is 4.38. The maximum Gasteiger partial charge on any atom is 0.328 e. The summed E-state index contributed by atoms with van der Waals surface area (Å²) >= 11 is 3.31. The highest BCUT2D eigenvalue weighted by molar-refractivity contribution is 9.10. The van der Waals surface area contributed by atoms with Gasteiger partial charge in [-0.25, -0.2) is 4.79 Å². The molecule has 0 N–H and O–H groups in total.